The molecular weight excluding hydrogens is 366 g/mol. The van der Waals surface area contributed by atoms with Crippen molar-refractivity contribution < 1.29 is 9.59 Å². The van der Waals surface area contributed by atoms with E-state index in [1.54, 1.807) is 6.92 Å². The highest BCUT2D eigenvalue weighted by Gasteiger charge is 2.29. The summed E-state index contributed by atoms with van der Waals surface area (Å²) in [6.45, 7) is 8.41. The number of hydrogen-bond acceptors (Lipinski definition) is 5. The molecule has 158 valence electrons. The van der Waals surface area contributed by atoms with Crippen LogP contribution in [-0.4, -0.2) is 75.2 Å². The Morgan fingerprint density at radius 3 is 2.59 bits per heavy atom. The van der Waals surface area contributed by atoms with Crippen molar-refractivity contribution >= 4 is 11.8 Å². The van der Waals surface area contributed by atoms with Gasteiger partial charge < -0.3 is 9.80 Å². The van der Waals surface area contributed by atoms with Crippen molar-refractivity contribution in [2.45, 2.75) is 70.9 Å². The summed E-state index contributed by atoms with van der Waals surface area (Å²) in [5.74, 6) is 1.62. The smallest absolute Gasteiger partial charge is 0.236 e. The Morgan fingerprint density at radius 2 is 1.86 bits per heavy atom. The molecule has 1 unspecified atom stereocenters. The van der Waals surface area contributed by atoms with E-state index in [4.69, 9.17) is 4.98 Å². The van der Waals surface area contributed by atoms with Crippen LogP contribution < -0.4 is 0 Å². The molecule has 4 heterocycles. The third kappa shape index (κ3) is 4.60. The van der Waals surface area contributed by atoms with E-state index in [-0.39, 0.29) is 11.8 Å². The normalized spacial score (nSPS) is 23.7. The zero-order valence-electron chi connectivity index (χ0n) is 17.8. The maximum Gasteiger partial charge on any atom is 0.236 e. The molecular formula is C22H33N5O2. The highest BCUT2D eigenvalue weighted by atomic mass is 16.2. The Kier molecular flexibility index (Phi) is 6.13. The second kappa shape index (κ2) is 8.78. The molecule has 2 amide bonds. The van der Waals surface area contributed by atoms with Gasteiger partial charge in [0.2, 0.25) is 11.8 Å². The molecule has 3 aliphatic heterocycles. The van der Waals surface area contributed by atoms with Crippen LogP contribution in [0.1, 0.15) is 69.0 Å². The van der Waals surface area contributed by atoms with Gasteiger partial charge in [-0.25, -0.2) is 9.97 Å². The summed E-state index contributed by atoms with van der Waals surface area (Å²) in [7, 11) is 0. The van der Waals surface area contributed by atoms with Crippen molar-refractivity contribution in [3.8, 4) is 0 Å². The van der Waals surface area contributed by atoms with Gasteiger partial charge in [-0.15, -0.1) is 0 Å². The summed E-state index contributed by atoms with van der Waals surface area (Å²) < 4.78 is 0. The van der Waals surface area contributed by atoms with Crippen molar-refractivity contribution in [1.29, 1.82) is 0 Å². The lowest BCUT2D eigenvalue weighted by Gasteiger charge is -2.36. The zero-order valence-corrected chi connectivity index (χ0v) is 17.8. The van der Waals surface area contributed by atoms with Gasteiger partial charge >= 0.3 is 0 Å². The molecule has 3 aliphatic rings. The maximum absolute atomic E-state index is 12.8. The Bertz CT molecular complexity index is 760. The average Bonchev–Trinajstić information content (AvgIpc) is 2.74. The number of aromatic nitrogens is 2. The Balaban J connectivity index is 1.32. The fourth-order valence-electron chi connectivity index (χ4n) is 4.85. The van der Waals surface area contributed by atoms with E-state index in [0.717, 1.165) is 62.5 Å². The molecule has 7 heteroatoms. The van der Waals surface area contributed by atoms with Crippen LogP contribution in [0.25, 0.3) is 0 Å². The first-order valence-corrected chi connectivity index (χ1v) is 11.1. The molecule has 0 bridgehead atoms. The molecule has 0 radical (unpaired) electrons. The molecule has 0 N–H and O–H groups in total. The van der Waals surface area contributed by atoms with E-state index < -0.39 is 0 Å². The molecule has 1 aromatic rings. The van der Waals surface area contributed by atoms with Gasteiger partial charge in [-0.2, -0.15) is 0 Å². The summed E-state index contributed by atoms with van der Waals surface area (Å²) in [5, 5.41) is 0. The Morgan fingerprint density at radius 1 is 1.07 bits per heavy atom. The number of carbonyl (C=O) groups excluding carboxylic acids is 2. The number of likely N-dealkylation sites (tertiary alicyclic amines) is 2. The minimum absolute atomic E-state index is 0.107. The third-order valence-corrected chi connectivity index (χ3v) is 6.89. The van der Waals surface area contributed by atoms with Crippen LogP contribution in [-0.2, 0) is 22.6 Å². The molecule has 0 saturated carbocycles. The molecule has 29 heavy (non-hydrogen) atoms. The minimum atomic E-state index is 0.107. The molecule has 1 aromatic heterocycles. The second-order valence-electron chi connectivity index (χ2n) is 8.86. The number of rotatable bonds is 3. The summed E-state index contributed by atoms with van der Waals surface area (Å²) in [4.78, 5) is 40.0. The van der Waals surface area contributed by atoms with E-state index in [1.165, 1.54) is 19.3 Å². The predicted octanol–water partition coefficient (Wildman–Crippen LogP) is 1.96. The van der Waals surface area contributed by atoms with Crippen molar-refractivity contribution in [2.75, 3.05) is 32.7 Å². The van der Waals surface area contributed by atoms with E-state index in [2.05, 4.69) is 16.8 Å². The number of piperidine rings is 2. The first-order chi connectivity index (χ1) is 14.0. The lowest BCUT2D eigenvalue weighted by molar-refractivity contribution is -0.134. The van der Waals surface area contributed by atoms with Crippen LogP contribution in [0.4, 0.5) is 0 Å². The van der Waals surface area contributed by atoms with Crippen molar-refractivity contribution in [3.63, 3.8) is 0 Å². The molecule has 0 spiro atoms. The quantitative estimate of drug-likeness (QED) is 0.777. The van der Waals surface area contributed by atoms with Gasteiger partial charge in [0.25, 0.3) is 0 Å². The fourth-order valence-corrected chi connectivity index (χ4v) is 4.85. The fraction of sp³-hybridized carbons (Fsp3) is 0.727. The standard InChI is InChI=1S/C22H33N5O2/c1-16-5-3-4-9-26(16)15-21(29)25-10-6-18(7-11-25)22-23-13-19-14-27(17(2)28)12-8-20(19)24-22/h13,16,18H,3-12,14-15H2,1-2H3. The maximum atomic E-state index is 12.8. The lowest BCUT2D eigenvalue weighted by Crippen LogP contribution is -2.47. The van der Waals surface area contributed by atoms with Gasteiger partial charge in [0.05, 0.1) is 12.2 Å². The van der Waals surface area contributed by atoms with Gasteiger partial charge in [0.1, 0.15) is 5.82 Å². The van der Waals surface area contributed by atoms with Crippen molar-refractivity contribution in [2.24, 2.45) is 0 Å². The van der Waals surface area contributed by atoms with Gasteiger partial charge in [0.15, 0.2) is 0 Å². The van der Waals surface area contributed by atoms with Crippen LogP contribution in [0.15, 0.2) is 6.20 Å². The SMILES string of the molecule is CC(=O)N1CCc2nc(C3CCN(C(=O)CN4CCCCC4C)CC3)ncc2C1. The van der Waals surface area contributed by atoms with E-state index >= 15 is 0 Å². The third-order valence-electron chi connectivity index (χ3n) is 6.89. The van der Waals surface area contributed by atoms with Gasteiger partial charge in [-0.1, -0.05) is 6.42 Å². The predicted molar refractivity (Wildman–Crippen MR) is 110 cm³/mol. The highest BCUT2D eigenvalue weighted by Crippen LogP contribution is 2.27. The Labute approximate surface area is 173 Å². The lowest BCUT2D eigenvalue weighted by atomic mass is 9.95. The number of carbonyl (C=O) groups is 2. The minimum Gasteiger partial charge on any atom is -0.342 e. The van der Waals surface area contributed by atoms with Crippen LogP contribution in [0.5, 0.6) is 0 Å². The van der Waals surface area contributed by atoms with Crippen molar-refractivity contribution in [3.05, 3.63) is 23.3 Å². The number of nitrogens with zero attached hydrogens (tertiary/aromatic N) is 5. The summed E-state index contributed by atoms with van der Waals surface area (Å²) in [6, 6.07) is 0.521. The van der Waals surface area contributed by atoms with Gasteiger partial charge in [-0.3, -0.25) is 14.5 Å². The van der Waals surface area contributed by atoms with Gasteiger partial charge in [0, 0.05) is 63.2 Å². The topological polar surface area (TPSA) is 69.6 Å². The molecule has 2 fully saturated rings. The summed E-state index contributed by atoms with van der Waals surface area (Å²) >= 11 is 0. The molecule has 7 nitrogen and oxygen atoms in total. The Hall–Kier alpha value is -2.02. The van der Waals surface area contributed by atoms with Gasteiger partial charge in [-0.05, 0) is 39.2 Å². The van der Waals surface area contributed by atoms with Crippen LogP contribution >= 0.6 is 0 Å². The largest absolute Gasteiger partial charge is 0.342 e. The van der Waals surface area contributed by atoms with Crippen molar-refractivity contribution in [1.82, 2.24) is 24.7 Å². The van der Waals surface area contributed by atoms with E-state index in [0.29, 0.717) is 25.0 Å². The first-order valence-electron chi connectivity index (χ1n) is 11.1. The zero-order chi connectivity index (χ0) is 20.4. The molecule has 2 saturated heterocycles. The second-order valence-corrected chi connectivity index (χ2v) is 8.86. The molecule has 0 aliphatic carbocycles. The molecule has 1 atom stereocenters. The molecule has 0 aromatic carbocycles. The average molecular weight is 400 g/mol. The van der Waals surface area contributed by atoms with E-state index in [1.807, 2.05) is 16.0 Å². The van der Waals surface area contributed by atoms with Crippen LogP contribution in [0, 0.1) is 0 Å². The highest BCUT2D eigenvalue weighted by molar-refractivity contribution is 5.78. The van der Waals surface area contributed by atoms with Crippen LogP contribution in [0.3, 0.4) is 0 Å². The monoisotopic (exact) mass is 399 g/mol. The summed E-state index contributed by atoms with van der Waals surface area (Å²) in [6.07, 6.45) is 8.26. The summed E-state index contributed by atoms with van der Waals surface area (Å²) in [5.41, 5.74) is 2.16. The molecule has 4 rings (SSSR count). The van der Waals surface area contributed by atoms with E-state index in [9.17, 15) is 9.59 Å². The first kappa shape index (κ1) is 20.3. The number of hydrogen-bond donors (Lipinski definition) is 0. The number of fused-ring (bicyclic) bond motifs is 1. The van der Waals surface area contributed by atoms with Crippen LogP contribution in [0.2, 0.25) is 0 Å². The number of amides is 2.